The van der Waals surface area contributed by atoms with Crippen LogP contribution in [0.2, 0.25) is 5.02 Å². The molecule has 1 unspecified atom stereocenters. The van der Waals surface area contributed by atoms with E-state index in [1.165, 1.54) is 11.1 Å². The smallest absolute Gasteiger partial charge is 0.220 e. The first-order chi connectivity index (χ1) is 13.0. The van der Waals surface area contributed by atoms with E-state index in [4.69, 9.17) is 17.3 Å². The Morgan fingerprint density at radius 3 is 2.70 bits per heavy atom. The quantitative estimate of drug-likeness (QED) is 0.867. The van der Waals surface area contributed by atoms with Crippen LogP contribution in [0.5, 0.6) is 0 Å². The normalized spacial score (nSPS) is 26.8. The van der Waals surface area contributed by atoms with Crippen LogP contribution in [0.1, 0.15) is 55.5 Å². The highest BCUT2D eigenvalue weighted by atomic mass is 35.5. The van der Waals surface area contributed by atoms with Gasteiger partial charge >= 0.3 is 0 Å². The lowest BCUT2D eigenvalue weighted by Gasteiger charge is -2.45. The van der Waals surface area contributed by atoms with Gasteiger partial charge in [-0.2, -0.15) is 0 Å². The van der Waals surface area contributed by atoms with Gasteiger partial charge in [0.25, 0.3) is 0 Å². The zero-order chi connectivity index (χ0) is 19.0. The highest BCUT2D eigenvalue weighted by Gasteiger charge is 2.41. The summed E-state index contributed by atoms with van der Waals surface area (Å²) in [5.74, 6) is 0.136. The van der Waals surface area contributed by atoms with Crippen LogP contribution < -0.4 is 5.73 Å². The molecule has 1 saturated carbocycles. The van der Waals surface area contributed by atoms with Crippen LogP contribution in [0, 0.1) is 0 Å². The molecular formula is C22H26ClN3O. The van der Waals surface area contributed by atoms with Crippen molar-refractivity contribution in [3.8, 4) is 0 Å². The number of nitrogens with zero attached hydrogens (tertiary/aromatic N) is 2. The number of carbonyl (C=O) groups is 1. The van der Waals surface area contributed by atoms with E-state index in [0.29, 0.717) is 6.54 Å². The van der Waals surface area contributed by atoms with Crippen LogP contribution in [-0.2, 0) is 16.6 Å². The third-order valence-corrected chi connectivity index (χ3v) is 6.68. The highest BCUT2D eigenvalue weighted by molar-refractivity contribution is 6.30. The number of benzene rings is 1. The van der Waals surface area contributed by atoms with Gasteiger partial charge in [0.15, 0.2) is 0 Å². The fraction of sp³-hybridized carbons (Fsp3) is 0.455. The Bertz CT molecular complexity index is 845. The summed E-state index contributed by atoms with van der Waals surface area (Å²) in [5.41, 5.74) is 9.70. The summed E-state index contributed by atoms with van der Waals surface area (Å²) in [6, 6.07) is 12.6. The molecule has 0 aliphatic heterocycles. The maximum Gasteiger partial charge on any atom is 0.220 e. The number of aromatic nitrogens is 1. The van der Waals surface area contributed by atoms with E-state index in [0.717, 1.165) is 42.8 Å². The third-order valence-electron chi connectivity index (χ3n) is 6.45. The SMILES string of the molecule is CC(=O)N(C1Cc2ccnc1c2)[C@H]1CC[C@@](CN)(c2cccc(Cl)c2)CC1. The summed E-state index contributed by atoms with van der Waals surface area (Å²) < 4.78 is 0. The van der Waals surface area contributed by atoms with E-state index in [1.54, 1.807) is 6.92 Å². The molecule has 1 aromatic heterocycles. The van der Waals surface area contributed by atoms with Crippen molar-refractivity contribution in [2.45, 2.75) is 56.5 Å². The van der Waals surface area contributed by atoms with Gasteiger partial charge in [-0.15, -0.1) is 0 Å². The summed E-state index contributed by atoms with van der Waals surface area (Å²) in [5, 5.41) is 0.754. The first-order valence-electron chi connectivity index (χ1n) is 9.72. The minimum atomic E-state index is -0.0463. The van der Waals surface area contributed by atoms with Crippen molar-refractivity contribution in [3.63, 3.8) is 0 Å². The second kappa shape index (κ2) is 7.25. The number of hydrogen-bond donors (Lipinski definition) is 1. The van der Waals surface area contributed by atoms with E-state index in [1.807, 2.05) is 30.5 Å². The Hall–Kier alpha value is -1.91. The summed E-state index contributed by atoms with van der Waals surface area (Å²) in [6.45, 7) is 2.29. The number of rotatable bonds is 4. The van der Waals surface area contributed by atoms with Crippen molar-refractivity contribution < 1.29 is 4.79 Å². The van der Waals surface area contributed by atoms with E-state index >= 15 is 0 Å². The van der Waals surface area contributed by atoms with Gasteiger partial charge in [0, 0.05) is 36.1 Å². The van der Waals surface area contributed by atoms with E-state index in [2.05, 4.69) is 22.0 Å². The van der Waals surface area contributed by atoms with Crippen LogP contribution in [0.15, 0.2) is 42.6 Å². The molecule has 0 saturated heterocycles. The van der Waals surface area contributed by atoms with Crippen molar-refractivity contribution >= 4 is 17.5 Å². The molecule has 2 N–H and O–H groups in total. The predicted octanol–water partition coefficient (Wildman–Crippen LogP) is 4.02. The molecule has 2 aliphatic rings. The van der Waals surface area contributed by atoms with Crippen LogP contribution >= 0.6 is 11.6 Å². The number of carbonyl (C=O) groups excluding carboxylic acids is 1. The molecular weight excluding hydrogens is 358 g/mol. The lowest BCUT2D eigenvalue weighted by atomic mass is 9.68. The second-order valence-corrected chi connectivity index (χ2v) is 8.40. The minimum absolute atomic E-state index is 0.0463. The van der Waals surface area contributed by atoms with Gasteiger partial charge in [0.05, 0.1) is 11.7 Å². The molecule has 27 heavy (non-hydrogen) atoms. The van der Waals surface area contributed by atoms with Crippen molar-refractivity contribution in [1.82, 2.24) is 9.88 Å². The van der Waals surface area contributed by atoms with E-state index in [9.17, 15) is 4.79 Å². The van der Waals surface area contributed by atoms with Crippen molar-refractivity contribution in [3.05, 3.63) is 64.4 Å². The van der Waals surface area contributed by atoms with Gasteiger partial charge in [-0.1, -0.05) is 23.7 Å². The van der Waals surface area contributed by atoms with Crippen LogP contribution in [0.25, 0.3) is 0 Å². The second-order valence-electron chi connectivity index (χ2n) is 7.96. The molecule has 1 aromatic carbocycles. The molecule has 2 bridgehead atoms. The van der Waals surface area contributed by atoms with Gasteiger partial charge in [-0.25, -0.2) is 0 Å². The van der Waals surface area contributed by atoms with Crippen LogP contribution in [0.4, 0.5) is 0 Å². The third kappa shape index (κ3) is 3.37. The Labute approximate surface area is 165 Å². The Kier molecular flexibility index (Phi) is 4.95. The van der Waals surface area contributed by atoms with Gasteiger partial charge in [0.2, 0.25) is 5.91 Å². The van der Waals surface area contributed by atoms with Gasteiger partial charge < -0.3 is 10.6 Å². The van der Waals surface area contributed by atoms with Crippen molar-refractivity contribution in [2.24, 2.45) is 5.73 Å². The zero-order valence-corrected chi connectivity index (χ0v) is 16.5. The Morgan fingerprint density at radius 2 is 2.07 bits per heavy atom. The zero-order valence-electron chi connectivity index (χ0n) is 15.7. The first-order valence-corrected chi connectivity index (χ1v) is 10.1. The fourth-order valence-corrected chi connectivity index (χ4v) is 5.16. The molecule has 2 aromatic rings. The number of amides is 1. The number of pyridine rings is 1. The summed E-state index contributed by atoms with van der Waals surface area (Å²) in [7, 11) is 0. The van der Waals surface area contributed by atoms with Crippen molar-refractivity contribution in [1.29, 1.82) is 0 Å². The molecule has 4 nitrogen and oxygen atoms in total. The van der Waals surface area contributed by atoms with E-state index in [-0.39, 0.29) is 23.4 Å². The highest BCUT2D eigenvalue weighted by Crippen LogP contribution is 2.43. The molecule has 5 heteroatoms. The largest absolute Gasteiger partial charge is 0.331 e. The predicted molar refractivity (Wildman–Crippen MR) is 108 cm³/mol. The molecule has 1 fully saturated rings. The number of fused-ring (bicyclic) bond motifs is 2. The standard InChI is InChI=1S/C22H26ClN3O/c1-15(27)26(21-12-16-7-10-25-20(21)11-16)19-5-8-22(14-24,9-6-19)17-3-2-4-18(23)13-17/h2-4,7,10-11,13,19,21H,5-6,8-9,12,14,24H2,1H3/t19-,21?,22+. The monoisotopic (exact) mass is 383 g/mol. The molecule has 0 spiro atoms. The lowest BCUT2D eigenvalue weighted by Crippen LogP contribution is -2.48. The van der Waals surface area contributed by atoms with Crippen LogP contribution in [-0.4, -0.2) is 28.4 Å². The average Bonchev–Trinajstić information content (AvgIpc) is 2.95. The van der Waals surface area contributed by atoms with E-state index < -0.39 is 0 Å². The molecule has 1 atom stereocenters. The topological polar surface area (TPSA) is 59.2 Å². The molecule has 1 amide bonds. The number of hydrogen-bond acceptors (Lipinski definition) is 3. The Balaban J connectivity index is 1.54. The van der Waals surface area contributed by atoms with Crippen molar-refractivity contribution in [2.75, 3.05) is 6.54 Å². The van der Waals surface area contributed by atoms with Gasteiger partial charge in [0.1, 0.15) is 0 Å². The number of halogens is 1. The molecule has 0 radical (unpaired) electrons. The lowest BCUT2D eigenvalue weighted by molar-refractivity contribution is -0.135. The maximum absolute atomic E-state index is 12.5. The maximum atomic E-state index is 12.5. The van der Waals surface area contributed by atoms with Crippen LogP contribution in [0.3, 0.4) is 0 Å². The Morgan fingerprint density at radius 1 is 1.30 bits per heavy atom. The number of nitrogens with two attached hydrogens (primary N) is 1. The average molecular weight is 384 g/mol. The van der Waals surface area contributed by atoms with Gasteiger partial charge in [-0.05, 0) is 67.5 Å². The summed E-state index contributed by atoms with van der Waals surface area (Å²) in [6.07, 6.45) is 6.57. The summed E-state index contributed by atoms with van der Waals surface area (Å²) >= 11 is 6.22. The minimum Gasteiger partial charge on any atom is -0.331 e. The fourth-order valence-electron chi connectivity index (χ4n) is 4.97. The van der Waals surface area contributed by atoms with Gasteiger partial charge in [-0.3, -0.25) is 9.78 Å². The molecule has 2 aliphatic carbocycles. The molecule has 1 heterocycles. The molecule has 4 rings (SSSR count). The summed E-state index contributed by atoms with van der Waals surface area (Å²) in [4.78, 5) is 19.1. The first kappa shape index (κ1) is 18.5. The molecule has 142 valence electrons.